The van der Waals surface area contributed by atoms with E-state index in [1.54, 1.807) is 13.8 Å². The average Bonchev–Trinajstić information content (AvgIpc) is 2.67. The molecule has 1 heterocycles. The summed E-state index contributed by atoms with van der Waals surface area (Å²) >= 11 is 6.04. The van der Waals surface area contributed by atoms with Crippen molar-refractivity contribution in [1.29, 1.82) is 0 Å². The van der Waals surface area contributed by atoms with Crippen LogP contribution in [0, 0.1) is 5.41 Å². The zero-order valence-electron chi connectivity index (χ0n) is 11.8. The molecule has 0 bridgehead atoms. The highest BCUT2D eigenvalue weighted by Crippen LogP contribution is 2.42. The van der Waals surface area contributed by atoms with E-state index in [9.17, 15) is 9.90 Å². The number of aliphatic carboxylic acids is 1. The van der Waals surface area contributed by atoms with E-state index in [1.165, 1.54) is 0 Å². The van der Waals surface area contributed by atoms with Crippen molar-refractivity contribution in [2.75, 3.05) is 4.90 Å². The van der Waals surface area contributed by atoms with Gasteiger partial charge >= 0.3 is 5.97 Å². The van der Waals surface area contributed by atoms with Gasteiger partial charge in [0.1, 0.15) is 0 Å². The Morgan fingerprint density at radius 1 is 1.47 bits per heavy atom. The van der Waals surface area contributed by atoms with Crippen molar-refractivity contribution in [3.05, 3.63) is 28.8 Å². The maximum atomic E-state index is 11.5. The van der Waals surface area contributed by atoms with Crippen molar-refractivity contribution in [1.82, 2.24) is 0 Å². The molecule has 104 valence electrons. The minimum Gasteiger partial charge on any atom is -0.481 e. The standard InChI is InChI=1S/C15H20ClNO2/c1-9(2)17-12-6-5-11(16)7-10(12)8-13(17)15(3,4)14(18)19/h5-7,9,13H,8H2,1-4H3,(H,18,19). The molecule has 0 amide bonds. The summed E-state index contributed by atoms with van der Waals surface area (Å²) in [5.74, 6) is -0.762. The Morgan fingerprint density at radius 3 is 2.63 bits per heavy atom. The van der Waals surface area contributed by atoms with Gasteiger partial charge in [-0.2, -0.15) is 0 Å². The second kappa shape index (κ2) is 4.71. The Bertz CT molecular complexity index is 511. The normalized spacial score (nSPS) is 18.8. The van der Waals surface area contributed by atoms with Crippen LogP contribution < -0.4 is 4.90 Å². The number of carboxylic acid groups (broad SMARTS) is 1. The third-order valence-corrected chi connectivity index (χ3v) is 4.24. The molecule has 0 saturated heterocycles. The Kier molecular flexibility index (Phi) is 3.52. The lowest BCUT2D eigenvalue weighted by atomic mass is 9.82. The lowest BCUT2D eigenvalue weighted by Gasteiger charge is -2.39. The quantitative estimate of drug-likeness (QED) is 0.920. The number of nitrogens with zero attached hydrogens (tertiary/aromatic N) is 1. The maximum Gasteiger partial charge on any atom is 0.311 e. The predicted octanol–water partition coefficient (Wildman–Crippen LogP) is 3.59. The summed E-state index contributed by atoms with van der Waals surface area (Å²) in [5.41, 5.74) is 1.45. The summed E-state index contributed by atoms with van der Waals surface area (Å²) in [6, 6.07) is 6.02. The Labute approximate surface area is 119 Å². The fourth-order valence-electron chi connectivity index (χ4n) is 2.83. The van der Waals surface area contributed by atoms with Crippen LogP contribution >= 0.6 is 11.6 Å². The fraction of sp³-hybridized carbons (Fsp3) is 0.533. The predicted molar refractivity (Wildman–Crippen MR) is 78.0 cm³/mol. The zero-order chi connectivity index (χ0) is 14.4. The second-order valence-electron chi connectivity index (χ2n) is 6.02. The fourth-order valence-corrected chi connectivity index (χ4v) is 3.02. The SMILES string of the molecule is CC(C)N1c2ccc(Cl)cc2CC1C(C)(C)C(=O)O. The molecule has 1 aliphatic rings. The molecule has 1 aromatic carbocycles. The van der Waals surface area contributed by atoms with Gasteiger partial charge in [0.25, 0.3) is 0 Å². The first-order valence-corrected chi connectivity index (χ1v) is 6.93. The summed E-state index contributed by atoms with van der Waals surface area (Å²) in [6.45, 7) is 7.77. The molecule has 0 aromatic heterocycles. The van der Waals surface area contributed by atoms with Crippen LogP contribution in [-0.4, -0.2) is 23.2 Å². The van der Waals surface area contributed by atoms with Gasteiger partial charge in [-0.05, 0) is 57.9 Å². The van der Waals surface area contributed by atoms with Gasteiger partial charge in [-0.1, -0.05) is 11.6 Å². The minimum absolute atomic E-state index is 0.0431. The van der Waals surface area contributed by atoms with Crippen molar-refractivity contribution in [2.24, 2.45) is 5.41 Å². The van der Waals surface area contributed by atoms with Crippen LogP contribution in [0.15, 0.2) is 18.2 Å². The lowest BCUT2D eigenvalue weighted by molar-refractivity contribution is -0.148. The van der Waals surface area contributed by atoms with E-state index in [2.05, 4.69) is 18.7 Å². The molecule has 19 heavy (non-hydrogen) atoms. The Hall–Kier alpha value is -1.22. The van der Waals surface area contributed by atoms with Crippen LogP contribution in [0.5, 0.6) is 0 Å². The number of carbonyl (C=O) groups is 1. The summed E-state index contributed by atoms with van der Waals surface area (Å²) in [7, 11) is 0. The molecular weight excluding hydrogens is 262 g/mol. The van der Waals surface area contributed by atoms with Crippen LogP contribution in [0.4, 0.5) is 5.69 Å². The summed E-state index contributed by atoms with van der Waals surface area (Å²) < 4.78 is 0. The molecule has 1 atom stereocenters. The van der Waals surface area contributed by atoms with Crippen LogP contribution in [-0.2, 0) is 11.2 Å². The van der Waals surface area contributed by atoms with Crippen LogP contribution in [0.2, 0.25) is 5.02 Å². The number of hydrogen-bond acceptors (Lipinski definition) is 2. The van der Waals surface area contributed by atoms with E-state index in [0.717, 1.165) is 17.7 Å². The first kappa shape index (κ1) is 14.2. The van der Waals surface area contributed by atoms with Gasteiger partial charge in [0, 0.05) is 22.8 Å². The molecule has 0 spiro atoms. The molecule has 3 nitrogen and oxygen atoms in total. The van der Waals surface area contributed by atoms with E-state index in [-0.39, 0.29) is 12.1 Å². The highest BCUT2D eigenvalue weighted by molar-refractivity contribution is 6.30. The maximum absolute atomic E-state index is 11.5. The molecular formula is C15H20ClNO2. The number of halogens is 1. The van der Waals surface area contributed by atoms with E-state index in [0.29, 0.717) is 5.02 Å². The van der Waals surface area contributed by atoms with Crippen molar-refractivity contribution in [3.63, 3.8) is 0 Å². The molecule has 4 heteroatoms. The summed E-state index contributed by atoms with van der Waals surface area (Å²) in [6.07, 6.45) is 0.730. The lowest BCUT2D eigenvalue weighted by Crippen LogP contribution is -2.50. The van der Waals surface area contributed by atoms with E-state index < -0.39 is 11.4 Å². The zero-order valence-corrected chi connectivity index (χ0v) is 12.5. The van der Waals surface area contributed by atoms with Crippen molar-refractivity contribution in [3.8, 4) is 0 Å². The van der Waals surface area contributed by atoms with E-state index in [4.69, 9.17) is 11.6 Å². The third-order valence-electron chi connectivity index (χ3n) is 4.01. The van der Waals surface area contributed by atoms with Gasteiger partial charge in [0.2, 0.25) is 0 Å². The minimum atomic E-state index is -0.796. The topological polar surface area (TPSA) is 40.5 Å². The first-order chi connectivity index (χ1) is 8.75. The Balaban J connectivity index is 2.47. The van der Waals surface area contributed by atoms with Crippen molar-refractivity contribution < 1.29 is 9.90 Å². The van der Waals surface area contributed by atoms with Crippen LogP contribution in [0.25, 0.3) is 0 Å². The third kappa shape index (κ3) is 2.32. The molecule has 0 saturated carbocycles. The molecule has 1 aromatic rings. The van der Waals surface area contributed by atoms with Gasteiger partial charge in [-0.3, -0.25) is 4.79 Å². The van der Waals surface area contributed by atoms with Gasteiger partial charge in [-0.15, -0.1) is 0 Å². The number of fused-ring (bicyclic) bond motifs is 1. The highest BCUT2D eigenvalue weighted by atomic mass is 35.5. The largest absolute Gasteiger partial charge is 0.481 e. The van der Waals surface area contributed by atoms with Crippen molar-refractivity contribution in [2.45, 2.75) is 46.2 Å². The van der Waals surface area contributed by atoms with Crippen LogP contribution in [0.3, 0.4) is 0 Å². The van der Waals surface area contributed by atoms with E-state index >= 15 is 0 Å². The van der Waals surface area contributed by atoms with Gasteiger partial charge in [-0.25, -0.2) is 0 Å². The highest BCUT2D eigenvalue weighted by Gasteiger charge is 2.45. The number of anilines is 1. The molecule has 0 aliphatic carbocycles. The number of benzene rings is 1. The van der Waals surface area contributed by atoms with E-state index in [1.807, 2.05) is 18.2 Å². The monoisotopic (exact) mass is 281 g/mol. The first-order valence-electron chi connectivity index (χ1n) is 6.55. The van der Waals surface area contributed by atoms with Gasteiger partial charge < -0.3 is 10.0 Å². The molecule has 0 radical (unpaired) electrons. The number of carboxylic acids is 1. The molecule has 1 unspecified atom stereocenters. The molecule has 2 rings (SSSR count). The molecule has 1 aliphatic heterocycles. The second-order valence-corrected chi connectivity index (χ2v) is 6.46. The summed E-state index contributed by atoms with van der Waals surface area (Å²) in [4.78, 5) is 13.7. The number of hydrogen-bond donors (Lipinski definition) is 1. The smallest absolute Gasteiger partial charge is 0.311 e. The van der Waals surface area contributed by atoms with Crippen molar-refractivity contribution >= 4 is 23.3 Å². The molecule has 1 N–H and O–H groups in total. The molecule has 0 fully saturated rings. The van der Waals surface area contributed by atoms with Gasteiger partial charge in [0.05, 0.1) is 5.41 Å². The summed E-state index contributed by atoms with van der Waals surface area (Å²) in [5, 5.41) is 10.2. The van der Waals surface area contributed by atoms with Crippen LogP contribution in [0.1, 0.15) is 33.3 Å². The average molecular weight is 282 g/mol. The van der Waals surface area contributed by atoms with Gasteiger partial charge in [0.15, 0.2) is 0 Å². The Morgan fingerprint density at radius 2 is 2.11 bits per heavy atom. The number of rotatable bonds is 3.